The molecule has 8 heteroatoms. The van der Waals surface area contributed by atoms with Crippen molar-refractivity contribution in [2.24, 2.45) is 0 Å². The summed E-state index contributed by atoms with van der Waals surface area (Å²) in [4.78, 5) is 15.2. The molecule has 6 nitrogen and oxygen atoms in total. The summed E-state index contributed by atoms with van der Waals surface area (Å²) in [5, 5.41) is 12.1. The van der Waals surface area contributed by atoms with Gasteiger partial charge in [0.25, 0.3) is 0 Å². The zero-order chi connectivity index (χ0) is 20.6. The third kappa shape index (κ3) is 3.77. The Morgan fingerprint density at radius 2 is 2.03 bits per heavy atom. The molecule has 150 valence electrons. The van der Waals surface area contributed by atoms with Crippen LogP contribution in [0.3, 0.4) is 0 Å². The van der Waals surface area contributed by atoms with Crippen molar-refractivity contribution in [1.29, 1.82) is 0 Å². The van der Waals surface area contributed by atoms with Crippen molar-refractivity contribution in [2.75, 3.05) is 5.75 Å². The number of aromatic nitrogens is 2. The van der Waals surface area contributed by atoms with Gasteiger partial charge < -0.3 is 9.51 Å². The van der Waals surface area contributed by atoms with Crippen LogP contribution in [0.1, 0.15) is 29.7 Å². The maximum atomic E-state index is 13.0. The van der Waals surface area contributed by atoms with Gasteiger partial charge in [0.15, 0.2) is 14.9 Å². The van der Waals surface area contributed by atoms with E-state index in [1.165, 1.54) is 4.70 Å². The molecule has 0 amide bonds. The summed E-state index contributed by atoms with van der Waals surface area (Å²) < 4.78 is 29.0. The first-order valence-electron chi connectivity index (χ1n) is 9.23. The lowest BCUT2D eigenvalue weighted by Gasteiger charge is -2.07. The molecule has 0 aliphatic carbocycles. The Bertz CT molecular complexity index is 1320. The standard InChI is InChI=1S/C21H20N2O4S2/c1-14-6-4-7-17-20(14)15(13-28-17)12-16-21(22-18-8-2-3-10-23(16)18)29(26,27)11-5-9-19(24)25/h2-4,6-8,10,13H,5,9,11-12H2,1H3,(H,24,25). The molecule has 0 aliphatic heterocycles. The van der Waals surface area contributed by atoms with Gasteiger partial charge in [-0.15, -0.1) is 11.3 Å². The number of carboxylic acids is 1. The lowest BCUT2D eigenvalue weighted by molar-refractivity contribution is -0.137. The number of pyridine rings is 1. The molecule has 0 unspecified atom stereocenters. The van der Waals surface area contributed by atoms with Crippen LogP contribution in [0, 0.1) is 6.92 Å². The van der Waals surface area contributed by atoms with Gasteiger partial charge in [0.05, 0.1) is 11.4 Å². The molecule has 29 heavy (non-hydrogen) atoms. The van der Waals surface area contributed by atoms with E-state index in [9.17, 15) is 13.2 Å². The number of benzene rings is 1. The fourth-order valence-electron chi connectivity index (χ4n) is 3.60. The molecule has 4 aromatic rings. The zero-order valence-corrected chi connectivity index (χ0v) is 17.5. The fourth-order valence-corrected chi connectivity index (χ4v) is 6.12. The molecule has 0 fully saturated rings. The van der Waals surface area contributed by atoms with E-state index in [-0.39, 0.29) is 23.6 Å². The Balaban J connectivity index is 1.81. The van der Waals surface area contributed by atoms with Gasteiger partial charge in [-0.2, -0.15) is 0 Å². The monoisotopic (exact) mass is 428 g/mol. The summed E-state index contributed by atoms with van der Waals surface area (Å²) >= 11 is 1.64. The minimum atomic E-state index is -3.71. The molecule has 0 aliphatic rings. The van der Waals surface area contributed by atoms with E-state index in [2.05, 4.69) is 29.4 Å². The van der Waals surface area contributed by atoms with Crippen molar-refractivity contribution in [2.45, 2.75) is 31.2 Å². The first-order chi connectivity index (χ1) is 13.9. The minimum Gasteiger partial charge on any atom is -0.481 e. The third-order valence-electron chi connectivity index (χ3n) is 4.93. The van der Waals surface area contributed by atoms with E-state index in [0.717, 1.165) is 16.5 Å². The number of hydrogen-bond acceptors (Lipinski definition) is 5. The number of sulfone groups is 1. The average Bonchev–Trinajstić information content (AvgIpc) is 3.25. The second-order valence-electron chi connectivity index (χ2n) is 6.99. The largest absolute Gasteiger partial charge is 0.481 e. The molecule has 0 bridgehead atoms. The number of hydrogen-bond donors (Lipinski definition) is 1. The molecule has 0 saturated heterocycles. The van der Waals surface area contributed by atoms with Gasteiger partial charge in [-0.05, 0) is 53.4 Å². The van der Waals surface area contributed by atoms with E-state index < -0.39 is 15.8 Å². The SMILES string of the molecule is Cc1cccc2scc(Cc3c(S(=O)(=O)CCCC(=O)O)nc4ccccn34)c12. The second-order valence-corrected chi connectivity index (χ2v) is 9.93. The molecule has 0 radical (unpaired) electrons. The summed E-state index contributed by atoms with van der Waals surface area (Å²) in [7, 11) is -3.71. The molecule has 3 aromatic heterocycles. The van der Waals surface area contributed by atoms with Crippen molar-refractivity contribution in [1.82, 2.24) is 9.38 Å². The van der Waals surface area contributed by atoms with Crippen LogP contribution in [0.5, 0.6) is 0 Å². The van der Waals surface area contributed by atoms with Crippen LogP contribution >= 0.6 is 11.3 Å². The molecule has 4 rings (SSSR count). The van der Waals surface area contributed by atoms with Crippen LogP contribution in [0.25, 0.3) is 15.7 Å². The minimum absolute atomic E-state index is 0.0435. The lowest BCUT2D eigenvalue weighted by Crippen LogP contribution is -2.12. The molecular weight excluding hydrogens is 408 g/mol. The molecule has 3 heterocycles. The summed E-state index contributed by atoms with van der Waals surface area (Å²) in [6.45, 7) is 2.05. The van der Waals surface area contributed by atoms with Crippen molar-refractivity contribution >= 4 is 42.9 Å². The van der Waals surface area contributed by atoms with Gasteiger partial charge in [-0.1, -0.05) is 18.2 Å². The molecular formula is C21H20N2O4S2. The number of nitrogens with zero attached hydrogens (tertiary/aromatic N) is 2. The lowest BCUT2D eigenvalue weighted by atomic mass is 10.0. The quantitative estimate of drug-likeness (QED) is 0.479. The number of carboxylic acid groups (broad SMARTS) is 1. The number of rotatable bonds is 7. The molecule has 1 aromatic carbocycles. The Morgan fingerprint density at radius 3 is 2.83 bits per heavy atom. The van der Waals surface area contributed by atoms with Gasteiger partial charge in [0.2, 0.25) is 0 Å². The maximum absolute atomic E-state index is 13.0. The van der Waals surface area contributed by atoms with E-state index in [1.54, 1.807) is 17.4 Å². The van der Waals surface area contributed by atoms with Gasteiger partial charge >= 0.3 is 5.97 Å². The predicted molar refractivity (Wildman–Crippen MR) is 113 cm³/mol. The van der Waals surface area contributed by atoms with E-state index in [4.69, 9.17) is 5.11 Å². The smallest absolute Gasteiger partial charge is 0.303 e. The van der Waals surface area contributed by atoms with Crippen LogP contribution in [0.4, 0.5) is 0 Å². The van der Waals surface area contributed by atoms with Gasteiger partial charge in [0.1, 0.15) is 5.65 Å². The fraction of sp³-hybridized carbons (Fsp3) is 0.238. The molecule has 0 saturated carbocycles. The highest BCUT2D eigenvalue weighted by atomic mass is 32.2. The molecule has 0 atom stereocenters. The highest BCUT2D eigenvalue weighted by Gasteiger charge is 2.25. The Hall–Kier alpha value is -2.71. The van der Waals surface area contributed by atoms with Crippen LogP contribution in [0.2, 0.25) is 0 Å². The molecule has 1 N–H and O–H groups in total. The Labute approximate surface area is 172 Å². The van der Waals surface area contributed by atoms with E-state index in [1.807, 2.05) is 28.8 Å². The number of carbonyl (C=O) groups is 1. The number of thiophene rings is 1. The van der Waals surface area contributed by atoms with Gasteiger partial charge in [-0.3, -0.25) is 4.79 Å². The third-order valence-corrected chi connectivity index (χ3v) is 7.67. The summed E-state index contributed by atoms with van der Waals surface area (Å²) in [6, 6.07) is 11.6. The Morgan fingerprint density at radius 1 is 1.21 bits per heavy atom. The van der Waals surface area contributed by atoms with Crippen LogP contribution in [-0.4, -0.2) is 34.6 Å². The normalized spacial score (nSPS) is 12.0. The first-order valence-corrected chi connectivity index (χ1v) is 11.8. The number of fused-ring (bicyclic) bond motifs is 2. The number of aliphatic carboxylic acids is 1. The number of aryl methyl sites for hydroxylation is 1. The highest BCUT2D eigenvalue weighted by molar-refractivity contribution is 7.91. The van der Waals surface area contributed by atoms with Crippen LogP contribution in [0.15, 0.2) is 53.0 Å². The van der Waals surface area contributed by atoms with Crippen molar-refractivity contribution in [3.63, 3.8) is 0 Å². The van der Waals surface area contributed by atoms with Crippen molar-refractivity contribution in [3.8, 4) is 0 Å². The van der Waals surface area contributed by atoms with E-state index in [0.29, 0.717) is 17.8 Å². The second kappa shape index (κ2) is 7.61. The summed E-state index contributed by atoms with van der Waals surface area (Å²) in [5.74, 6) is -1.24. The molecule has 0 spiro atoms. The van der Waals surface area contributed by atoms with Gasteiger partial charge in [0, 0.05) is 23.7 Å². The summed E-state index contributed by atoms with van der Waals surface area (Å²) in [6.07, 6.45) is 2.13. The van der Waals surface area contributed by atoms with Crippen LogP contribution < -0.4 is 0 Å². The summed E-state index contributed by atoms with van der Waals surface area (Å²) in [5.41, 5.74) is 3.39. The average molecular weight is 429 g/mol. The first kappa shape index (κ1) is 19.6. The maximum Gasteiger partial charge on any atom is 0.303 e. The van der Waals surface area contributed by atoms with Gasteiger partial charge in [-0.25, -0.2) is 13.4 Å². The van der Waals surface area contributed by atoms with E-state index >= 15 is 0 Å². The topological polar surface area (TPSA) is 88.7 Å². The predicted octanol–water partition coefficient (Wildman–Crippen LogP) is 4.09. The van der Waals surface area contributed by atoms with Crippen molar-refractivity contribution in [3.05, 3.63) is 64.8 Å². The Kier molecular flexibility index (Phi) is 5.14. The zero-order valence-electron chi connectivity index (χ0n) is 15.8. The van der Waals surface area contributed by atoms with Crippen LogP contribution in [-0.2, 0) is 21.1 Å². The highest BCUT2D eigenvalue weighted by Crippen LogP contribution is 2.32. The van der Waals surface area contributed by atoms with Crippen molar-refractivity contribution < 1.29 is 18.3 Å². The number of imidazole rings is 1.